The van der Waals surface area contributed by atoms with E-state index in [1.807, 2.05) is 18.2 Å². The number of benzene rings is 3. The fourth-order valence-corrected chi connectivity index (χ4v) is 2.94. The van der Waals surface area contributed by atoms with Crippen LogP contribution in [-0.4, -0.2) is 10.9 Å². The molecule has 0 saturated heterocycles. The van der Waals surface area contributed by atoms with Gasteiger partial charge >= 0.3 is 0 Å². The van der Waals surface area contributed by atoms with Gasteiger partial charge in [0.1, 0.15) is 11.3 Å². The highest BCUT2D eigenvalue weighted by Gasteiger charge is 2.15. The third-order valence-corrected chi connectivity index (χ3v) is 4.42. The maximum absolute atomic E-state index is 14.0. The molecule has 0 fully saturated rings. The maximum Gasteiger partial charge on any atom is 0.258 e. The number of nitrogens with one attached hydrogen (secondary N) is 1. The zero-order valence-corrected chi connectivity index (χ0v) is 15.0. The first-order valence-corrected chi connectivity index (χ1v) is 8.59. The minimum atomic E-state index is -0.764. The first kappa shape index (κ1) is 17.7. The Morgan fingerprint density at radius 2 is 1.96 bits per heavy atom. The Bertz CT molecular complexity index is 1260. The minimum absolute atomic E-state index is 0.144. The number of amides is 1. The van der Waals surface area contributed by atoms with E-state index in [4.69, 9.17) is 21.3 Å². The molecule has 1 heterocycles. The highest BCUT2D eigenvalue weighted by atomic mass is 35.5. The van der Waals surface area contributed by atoms with Gasteiger partial charge in [0.2, 0.25) is 5.89 Å². The third kappa shape index (κ3) is 3.31. The van der Waals surface area contributed by atoms with E-state index in [1.165, 1.54) is 12.1 Å². The molecule has 1 aromatic heterocycles. The second kappa shape index (κ2) is 7.14. The second-order valence-corrected chi connectivity index (χ2v) is 6.35. The number of nitriles is 1. The van der Waals surface area contributed by atoms with Crippen molar-refractivity contribution in [1.82, 2.24) is 4.98 Å². The zero-order chi connectivity index (χ0) is 19.7. The monoisotopic (exact) mass is 391 g/mol. The Morgan fingerprint density at radius 1 is 1.14 bits per heavy atom. The molecule has 136 valence electrons. The summed E-state index contributed by atoms with van der Waals surface area (Å²) in [6.45, 7) is 0. The number of rotatable bonds is 3. The number of aromatic nitrogens is 1. The lowest BCUT2D eigenvalue weighted by atomic mass is 10.1. The van der Waals surface area contributed by atoms with Crippen LogP contribution >= 0.6 is 11.6 Å². The molecule has 28 heavy (non-hydrogen) atoms. The minimum Gasteiger partial charge on any atom is -0.436 e. The topological polar surface area (TPSA) is 78.9 Å². The second-order valence-electron chi connectivity index (χ2n) is 5.94. The Morgan fingerprint density at radius 3 is 2.71 bits per heavy atom. The number of carbonyl (C=O) groups is 1. The molecule has 1 N–H and O–H groups in total. The predicted octanol–water partition coefficient (Wildman–Crippen LogP) is 5.41. The van der Waals surface area contributed by atoms with Crippen molar-refractivity contribution in [2.24, 2.45) is 0 Å². The van der Waals surface area contributed by atoms with Gasteiger partial charge in [0.15, 0.2) is 5.58 Å². The normalized spacial score (nSPS) is 10.6. The van der Waals surface area contributed by atoms with Gasteiger partial charge in [-0.2, -0.15) is 5.26 Å². The van der Waals surface area contributed by atoms with Crippen LogP contribution in [0.4, 0.5) is 10.1 Å². The number of anilines is 1. The summed E-state index contributed by atoms with van der Waals surface area (Å²) in [5, 5.41) is 11.9. The molecule has 0 saturated carbocycles. The Labute approximate surface area is 164 Å². The first-order chi connectivity index (χ1) is 13.5. The van der Waals surface area contributed by atoms with Gasteiger partial charge in [-0.15, -0.1) is 0 Å². The van der Waals surface area contributed by atoms with E-state index >= 15 is 0 Å². The molecule has 3 aromatic carbocycles. The molecule has 7 heteroatoms. The number of hydrogen-bond acceptors (Lipinski definition) is 4. The van der Waals surface area contributed by atoms with Crippen molar-refractivity contribution in [2.45, 2.75) is 0 Å². The molecule has 0 bridgehead atoms. The molecule has 0 spiro atoms. The molecule has 0 unspecified atom stereocenters. The largest absolute Gasteiger partial charge is 0.436 e. The number of hydrogen-bond donors (Lipinski definition) is 1. The lowest BCUT2D eigenvalue weighted by molar-refractivity contribution is 0.102. The molecule has 0 aliphatic rings. The van der Waals surface area contributed by atoms with Crippen LogP contribution in [-0.2, 0) is 0 Å². The van der Waals surface area contributed by atoms with Crippen LogP contribution in [0, 0.1) is 17.1 Å². The average molecular weight is 392 g/mol. The van der Waals surface area contributed by atoms with Crippen LogP contribution in [0.1, 0.15) is 15.9 Å². The van der Waals surface area contributed by atoms with Gasteiger partial charge < -0.3 is 9.73 Å². The summed E-state index contributed by atoms with van der Waals surface area (Å²) in [4.78, 5) is 16.8. The summed E-state index contributed by atoms with van der Waals surface area (Å²) in [5.74, 6) is -1.03. The molecule has 1 amide bonds. The van der Waals surface area contributed by atoms with Gasteiger partial charge in [0, 0.05) is 5.69 Å². The summed E-state index contributed by atoms with van der Waals surface area (Å²) in [6.07, 6.45) is 0. The van der Waals surface area contributed by atoms with E-state index in [1.54, 1.807) is 30.3 Å². The number of nitrogens with zero attached hydrogens (tertiary/aromatic N) is 2. The Balaban J connectivity index is 1.63. The highest BCUT2D eigenvalue weighted by Crippen LogP contribution is 2.30. The lowest BCUT2D eigenvalue weighted by Crippen LogP contribution is -2.13. The first-order valence-electron chi connectivity index (χ1n) is 8.21. The van der Waals surface area contributed by atoms with Gasteiger partial charge in [-0.25, -0.2) is 9.37 Å². The van der Waals surface area contributed by atoms with Crippen molar-refractivity contribution in [2.75, 3.05) is 5.32 Å². The average Bonchev–Trinajstić information content (AvgIpc) is 3.11. The van der Waals surface area contributed by atoms with Crippen LogP contribution in [0.3, 0.4) is 0 Å². The van der Waals surface area contributed by atoms with E-state index in [9.17, 15) is 9.18 Å². The van der Waals surface area contributed by atoms with E-state index in [0.717, 1.165) is 6.07 Å². The van der Waals surface area contributed by atoms with Crippen molar-refractivity contribution < 1.29 is 13.6 Å². The molecular formula is C21H11ClFN3O2. The molecule has 4 rings (SSSR count). The van der Waals surface area contributed by atoms with Crippen molar-refractivity contribution >= 4 is 34.3 Å². The fraction of sp³-hybridized carbons (Fsp3) is 0. The molecule has 0 radical (unpaired) electrons. The SMILES string of the molecule is N#Cc1ccc(C(=O)Nc2ccc3oc(-c4ccccc4Cl)nc3c2)c(F)c1. The van der Waals surface area contributed by atoms with Crippen LogP contribution < -0.4 is 5.32 Å². The zero-order valence-electron chi connectivity index (χ0n) is 14.2. The Hall–Kier alpha value is -3.69. The van der Waals surface area contributed by atoms with Gasteiger partial charge in [0.25, 0.3) is 5.91 Å². The van der Waals surface area contributed by atoms with Gasteiger partial charge in [-0.05, 0) is 48.5 Å². The summed E-state index contributed by atoms with van der Waals surface area (Å²) >= 11 is 6.18. The Kier molecular flexibility index (Phi) is 4.52. The number of oxazole rings is 1. The summed E-state index contributed by atoms with van der Waals surface area (Å²) in [5.41, 5.74) is 2.12. The van der Waals surface area contributed by atoms with Crippen molar-refractivity contribution in [3.05, 3.63) is 82.6 Å². The van der Waals surface area contributed by atoms with Gasteiger partial charge in [-0.3, -0.25) is 4.79 Å². The summed E-state index contributed by atoms with van der Waals surface area (Å²) in [7, 11) is 0. The van der Waals surface area contributed by atoms with Gasteiger partial charge in [-0.1, -0.05) is 23.7 Å². The molecule has 0 aliphatic heterocycles. The quantitative estimate of drug-likeness (QED) is 0.506. The fourth-order valence-electron chi connectivity index (χ4n) is 2.72. The molecular weight excluding hydrogens is 381 g/mol. The predicted molar refractivity (Wildman–Crippen MR) is 104 cm³/mol. The molecule has 5 nitrogen and oxygen atoms in total. The number of halogens is 2. The summed E-state index contributed by atoms with van der Waals surface area (Å²) < 4.78 is 19.7. The van der Waals surface area contributed by atoms with Crippen molar-refractivity contribution in [3.63, 3.8) is 0 Å². The number of fused-ring (bicyclic) bond motifs is 1. The highest BCUT2D eigenvalue weighted by molar-refractivity contribution is 6.33. The van der Waals surface area contributed by atoms with Crippen molar-refractivity contribution in [1.29, 1.82) is 5.26 Å². The smallest absolute Gasteiger partial charge is 0.258 e. The maximum atomic E-state index is 14.0. The number of carbonyl (C=O) groups excluding carboxylic acids is 1. The van der Waals surface area contributed by atoms with Crippen LogP contribution in [0.2, 0.25) is 5.02 Å². The van der Waals surface area contributed by atoms with Crippen LogP contribution in [0.15, 0.2) is 65.1 Å². The van der Waals surface area contributed by atoms with Crippen LogP contribution in [0.25, 0.3) is 22.6 Å². The van der Waals surface area contributed by atoms with E-state index < -0.39 is 11.7 Å². The third-order valence-electron chi connectivity index (χ3n) is 4.09. The summed E-state index contributed by atoms with van der Waals surface area (Å²) in [6, 6.07) is 17.6. The van der Waals surface area contributed by atoms with Crippen LogP contribution in [0.5, 0.6) is 0 Å². The standard InChI is InChI=1S/C21H11ClFN3O2/c22-16-4-2-1-3-14(16)21-26-18-10-13(6-8-19(18)28-21)25-20(27)15-7-5-12(11-24)9-17(15)23/h1-10H,(H,25,27). The van der Waals surface area contributed by atoms with E-state index in [2.05, 4.69) is 10.3 Å². The van der Waals surface area contributed by atoms with Crippen molar-refractivity contribution in [3.8, 4) is 17.5 Å². The molecule has 0 atom stereocenters. The molecule has 0 aliphatic carbocycles. The molecule has 4 aromatic rings. The van der Waals surface area contributed by atoms with Gasteiger partial charge in [0.05, 0.1) is 27.8 Å². The van der Waals surface area contributed by atoms with E-state index in [-0.39, 0.29) is 11.1 Å². The van der Waals surface area contributed by atoms with E-state index in [0.29, 0.717) is 33.3 Å². The lowest BCUT2D eigenvalue weighted by Gasteiger charge is -2.06.